The second-order valence-corrected chi connectivity index (χ2v) is 5.05. The molecule has 0 atom stereocenters. The highest BCUT2D eigenvalue weighted by Gasteiger charge is 2.50. The maximum atomic E-state index is 11.9. The van der Waals surface area contributed by atoms with E-state index in [0.717, 1.165) is 16.4 Å². The second-order valence-electron chi connectivity index (χ2n) is 4.19. The molecule has 3 rings (SSSR count). The maximum Gasteiger partial charge on any atom is 0.322 e. The highest BCUT2D eigenvalue weighted by molar-refractivity contribution is 7.13. The molecule has 1 N–H and O–H groups in total. The van der Waals surface area contributed by atoms with Crippen LogP contribution in [-0.2, 0) is 19.7 Å². The number of hydrogen-bond acceptors (Lipinski definition) is 5. The number of carbonyl (C=O) groups excluding carboxylic acids is 1. The van der Waals surface area contributed by atoms with E-state index in [4.69, 9.17) is 9.47 Å². The summed E-state index contributed by atoms with van der Waals surface area (Å²) in [4.78, 5) is 19.5. The SMILES string of the molecule is COC(=O)C1(c2csc(-c3ccc[nH]3)n2)COC1. The zero-order chi connectivity index (χ0) is 12.6. The maximum absolute atomic E-state index is 11.9. The molecule has 1 aliphatic heterocycles. The summed E-state index contributed by atoms with van der Waals surface area (Å²) >= 11 is 1.51. The summed E-state index contributed by atoms with van der Waals surface area (Å²) < 4.78 is 10.0. The molecule has 0 aliphatic carbocycles. The lowest BCUT2D eigenvalue weighted by Gasteiger charge is -2.36. The molecule has 0 spiro atoms. The van der Waals surface area contributed by atoms with Gasteiger partial charge in [0.05, 0.1) is 31.7 Å². The van der Waals surface area contributed by atoms with E-state index in [-0.39, 0.29) is 5.97 Å². The van der Waals surface area contributed by atoms with Gasteiger partial charge in [-0.3, -0.25) is 4.79 Å². The Morgan fingerprint density at radius 3 is 3.00 bits per heavy atom. The van der Waals surface area contributed by atoms with E-state index in [9.17, 15) is 4.79 Å². The number of nitrogens with one attached hydrogen (secondary N) is 1. The third kappa shape index (κ3) is 1.57. The number of carbonyl (C=O) groups is 1. The number of rotatable bonds is 3. The fourth-order valence-corrected chi connectivity index (χ4v) is 2.86. The summed E-state index contributed by atoms with van der Waals surface area (Å²) in [5, 5.41) is 2.76. The average Bonchev–Trinajstić information content (AvgIpc) is 2.97. The van der Waals surface area contributed by atoms with E-state index in [1.54, 1.807) is 0 Å². The highest BCUT2D eigenvalue weighted by atomic mass is 32.1. The van der Waals surface area contributed by atoms with Gasteiger partial charge in [0.25, 0.3) is 0 Å². The molecule has 1 saturated heterocycles. The minimum atomic E-state index is -0.712. The number of nitrogens with zero attached hydrogens (tertiary/aromatic N) is 1. The zero-order valence-corrected chi connectivity index (χ0v) is 10.6. The average molecular weight is 264 g/mol. The van der Waals surface area contributed by atoms with E-state index < -0.39 is 5.41 Å². The molecule has 0 radical (unpaired) electrons. The van der Waals surface area contributed by atoms with Gasteiger partial charge >= 0.3 is 5.97 Å². The molecule has 0 amide bonds. The normalized spacial score (nSPS) is 17.2. The Morgan fingerprint density at radius 1 is 1.61 bits per heavy atom. The third-order valence-corrected chi connectivity index (χ3v) is 3.97. The predicted octanol–water partition coefficient (Wildman–Crippen LogP) is 1.58. The molecule has 1 fully saturated rings. The Hall–Kier alpha value is -1.66. The lowest BCUT2D eigenvalue weighted by molar-refractivity contribution is -0.167. The summed E-state index contributed by atoms with van der Waals surface area (Å²) in [7, 11) is 1.39. The van der Waals surface area contributed by atoms with Crippen LogP contribution in [0.1, 0.15) is 5.69 Å². The van der Waals surface area contributed by atoms with Crippen LogP contribution in [0.25, 0.3) is 10.7 Å². The molecular formula is C12H12N2O3S. The van der Waals surface area contributed by atoms with Crippen molar-refractivity contribution in [1.29, 1.82) is 0 Å². The first-order valence-electron chi connectivity index (χ1n) is 5.52. The second kappa shape index (κ2) is 4.22. The summed E-state index contributed by atoms with van der Waals surface area (Å²) in [5.41, 5.74) is 0.970. The van der Waals surface area contributed by atoms with E-state index in [1.807, 2.05) is 23.7 Å². The van der Waals surface area contributed by atoms with Crippen molar-refractivity contribution in [3.63, 3.8) is 0 Å². The van der Waals surface area contributed by atoms with Gasteiger partial charge < -0.3 is 14.5 Å². The predicted molar refractivity (Wildman–Crippen MR) is 66.4 cm³/mol. The number of esters is 1. The molecule has 18 heavy (non-hydrogen) atoms. The number of H-pyrrole nitrogens is 1. The Bertz CT molecular complexity index is 558. The first-order valence-corrected chi connectivity index (χ1v) is 6.40. The van der Waals surface area contributed by atoms with Gasteiger partial charge in [-0.2, -0.15) is 0 Å². The third-order valence-electron chi connectivity index (χ3n) is 3.10. The molecule has 6 heteroatoms. The van der Waals surface area contributed by atoms with Crippen LogP contribution in [0, 0.1) is 0 Å². The van der Waals surface area contributed by atoms with E-state index in [0.29, 0.717) is 13.2 Å². The number of thiazole rings is 1. The highest BCUT2D eigenvalue weighted by Crippen LogP contribution is 2.36. The lowest BCUT2D eigenvalue weighted by Crippen LogP contribution is -2.53. The Labute approximate surface area is 108 Å². The van der Waals surface area contributed by atoms with Gasteiger partial charge in [-0.15, -0.1) is 11.3 Å². The standard InChI is InChI=1S/C12H12N2O3S/c1-16-11(15)12(6-17-7-12)9-5-18-10(14-9)8-3-2-4-13-8/h2-5,13H,6-7H2,1H3. The number of aromatic nitrogens is 2. The van der Waals surface area contributed by atoms with Gasteiger partial charge in [-0.1, -0.05) is 0 Å². The number of methoxy groups -OCH3 is 1. The quantitative estimate of drug-likeness (QED) is 0.855. The van der Waals surface area contributed by atoms with Crippen LogP contribution in [0.3, 0.4) is 0 Å². The van der Waals surface area contributed by atoms with Gasteiger partial charge in [0.1, 0.15) is 5.01 Å². The number of ether oxygens (including phenoxy) is 2. The summed E-state index contributed by atoms with van der Waals surface area (Å²) in [6.45, 7) is 0.682. The summed E-state index contributed by atoms with van der Waals surface area (Å²) in [5.74, 6) is -0.280. The Kier molecular flexibility index (Phi) is 2.68. The molecule has 0 bridgehead atoms. The fourth-order valence-electron chi connectivity index (χ4n) is 1.95. The van der Waals surface area contributed by atoms with Gasteiger partial charge in [-0.25, -0.2) is 4.98 Å². The summed E-state index contributed by atoms with van der Waals surface area (Å²) in [6, 6.07) is 3.86. The monoisotopic (exact) mass is 264 g/mol. The van der Waals surface area contributed by atoms with Crippen molar-refractivity contribution >= 4 is 17.3 Å². The Balaban J connectivity index is 1.95. The van der Waals surface area contributed by atoms with Crippen LogP contribution in [0.15, 0.2) is 23.7 Å². The molecule has 0 aromatic carbocycles. The Morgan fingerprint density at radius 2 is 2.44 bits per heavy atom. The lowest BCUT2D eigenvalue weighted by atomic mass is 9.83. The van der Waals surface area contributed by atoms with Crippen LogP contribution in [0.2, 0.25) is 0 Å². The first-order chi connectivity index (χ1) is 8.76. The molecular weight excluding hydrogens is 252 g/mol. The molecule has 94 valence electrons. The van der Waals surface area contributed by atoms with Gasteiger partial charge in [0.15, 0.2) is 5.41 Å². The minimum absolute atomic E-state index is 0.280. The molecule has 2 aromatic rings. The molecule has 0 unspecified atom stereocenters. The molecule has 3 heterocycles. The largest absolute Gasteiger partial charge is 0.468 e. The van der Waals surface area contributed by atoms with Crippen LogP contribution < -0.4 is 0 Å². The molecule has 2 aromatic heterocycles. The molecule has 0 saturated carbocycles. The van der Waals surface area contributed by atoms with Gasteiger partial charge in [-0.05, 0) is 12.1 Å². The zero-order valence-electron chi connectivity index (χ0n) is 9.80. The minimum Gasteiger partial charge on any atom is -0.468 e. The molecule has 1 aliphatic rings. The van der Waals surface area contributed by atoms with E-state index >= 15 is 0 Å². The number of aromatic amines is 1. The molecule has 5 nitrogen and oxygen atoms in total. The van der Waals surface area contributed by atoms with Crippen molar-refractivity contribution in [2.45, 2.75) is 5.41 Å². The van der Waals surface area contributed by atoms with Crippen LogP contribution >= 0.6 is 11.3 Å². The van der Waals surface area contributed by atoms with Crippen molar-refractivity contribution in [3.8, 4) is 10.7 Å². The van der Waals surface area contributed by atoms with Crippen LogP contribution in [0.5, 0.6) is 0 Å². The van der Waals surface area contributed by atoms with Crippen LogP contribution in [-0.4, -0.2) is 36.3 Å². The fraction of sp³-hybridized carbons (Fsp3) is 0.333. The van der Waals surface area contributed by atoms with Gasteiger partial charge in [0.2, 0.25) is 0 Å². The van der Waals surface area contributed by atoms with Gasteiger partial charge in [0, 0.05) is 11.6 Å². The topological polar surface area (TPSA) is 64.2 Å². The smallest absolute Gasteiger partial charge is 0.322 e. The van der Waals surface area contributed by atoms with Crippen molar-refractivity contribution in [1.82, 2.24) is 9.97 Å². The summed E-state index contributed by atoms with van der Waals surface area (Å²) in [6.07, 6.45) is 1.85. The number of hydrogen-bond donors (Lipinski definition) is 1. The van der Waals surface area contributed by atoms with Crippen molar-refractivity contribution < 1.29 is 14.3 Å². The van der Waals surface area contributed by atoms with Crippen molar-refractivity contribution in [3.05, 3.63) is 29.4 Å². The van der Waals surface area contributed by atoms with Crippen molar-refractivity contribution in [2.75, 3.05) is 20.3 Å². The van der Waals surface area contributed by atoms with Crippen molar-refractivity contribution in [2.24, 2.45) is 0 Å². The van der Waals surface area contributed by atoms with E-state index in [1.165, 1.54) is 18.4 Å². The van der Waals surface area contributed by atoms with E-state index in [2.05, 4.69) is 9.97 Å². The first kappa shape index (κ1) is 11.4. The van der Waals surface area contributed by atoms with Crippen LogP contribution in [0.4, 0.5) is 0 Å².